The first-order valence-corrected chi connectivity index (χ1v) is 6.87. The molecule has 1 N–H and O–H groups in total. The van der Waals surface area contributed by atoms with Crippen LogP contribution in [0, 0.1) is 5.92 Å². The third kappa shape index (κ3) is 6.22. The number of hydrogen-bond acceptors (Lipinski definition) is 2. The zero-order valence-corrected chi connectivity index (χ0v) is 10.1. The highest BCUT2D eigenvalue weighted by Crippen LogP contribution is 2.08. The van der Waals surface area contributed by atoms with Gasteiger partial charge in [0.05, 0.1) is 0 Å². The van der Waals surface area contributed by atoms with Crippen LogP contribution in [0.15, 0.2) is 0 Å². The van der Waals surface area contributed by atoms with E-state index in [1.54, 1.807) is 6.26 Å². The molecular formula is C10H23NOS. The fourth-order valence-corrected chi connectivity index (χ4v) is 2.24. The van der Waals surface area contributed by atoms with E-state index in [0.29, 0.717) is 12.0 Å². The van der Waals surface area contributed by atoms with Gasteiger partial charge >= 0.3 is 0 Å². The van der Waals surface area contributed by atoms with Crippen LogP contribution in [0.4, 0.5) is 0 Å². The molecule has 0 fully saturated rings. The van der Waals surface area contributed by atoms with Gasteiger partial charge < -0.3 is 5.32 Å². The molecule has 0 heterocycles. The zero-order valence-electron chi connectivity index (χ0n) is 9.30. The van der Waals surface area contributed by atoms with Crippen LogP contribution in [0.2, 0.25) is 0 Å². The van der Waals surface area contributed by atoms with Gasteiger partial charge in [-0.25, -0.2) is 0 Å². The smallest absolute Gasteiger partial charge is 0.0388 e. The molecule has 0 rings (SSSR count). The van der Waals surface area contributed by atoms with E-state index in [1.165, 1.54) is 0 Å². The third-order valence-electron chi connectivity index (χ3n) is 2.40. The average molecular weight is 205 g/mol. The number of rotatable bonds is 7. The molecule has 80 valence electrons. The molecule has 0 aromatic rings. The van der Waals surface area contributed by atoms with Gasteiger partial charge in [-0.05, 0) is 18.9 Å². The van der Waals surface area contributed by atoms with E-state index in [9.17, 15) is 4.21 Å². The first kappa shape index (κ1) is 13.1. The lowest BCUT2D eigenvalue weighted by atomic mass is 10.0. The Morgan fingerprint density at radius 3 is 2.38 bits per heavy atom. The van der Waals surface area contributed by atoms with Crippen molar-refractivity contribution in [2.75, 3.05) is 18.6 Å². The maximum Gasteiger partial charge on any atom is 0.0388 e. The Morgan fingerprint density at radius 2 is 2.00 bits per heavy atom. The summed E-state index contributed by atoms with van der Waals surface area (Å²) in [6.45, 7) is 7.60. The van der Waals surface area contributed by atoms with Crippen LogP contribution < -0.4 is 5.32 Å². The van der Waals surface area contributed by atoms with E-state index in [-0.39, 0.29) is 0 Å². The average Bonchev–Trinajstić information content (AvgIpc) is 2.10. The summed E-state index contributed by atoms with van der Waals surface area (Å²) in [7, 11) is -0.684. The van der Waals surface area contributed by atoms with Crippen molar-refractivity contribution in [3.8, 4) is 0 Å². The molecule has 3 heteroatoms. The van der Waals surface area contributed by atoms with Crippen LogP contribution in [0.1, 0.15) is 33.6 Å². The summed E-state index contributed by atoms with van der Waals surface area (Å²) in [5.41, 5.74) is 0. The third-order valence-corrected chi connectivity index (χ3v) is 3.23. The molecule has 0 aliphatic carbocycles. The summed E-state index contributed by atoms with van der Waals surface area (Å²) in [5.74, 6) is 1.41. The molecule has 0 aromatic carbocycles. The monoisotopic (exact) mass is 205 g/mol. The van der Waals surface area contributed by atoms with Gasteiger partial charge in [-0.2, -0.15) is 0 Å². The molecule has 0 saturated carbocycles. The summed E-state index contributed by atoms with van der Waals surface area (Å²) in [6.07, 6.45) is 4.07. The van der Waals surface area contributed by atoms with Crippen molar-refractivity contribution in [3.05, 3.63) is 0 Å². The SMILES string of the molecule is CCCNC(CS(C)=O)C(C)CC. The fourth-order valence-electron chi connectivity index (χ4n) is 1.29. The molecule has 0 spiro atoms. The van der Waals surface area contributed by atoms with Crippen molar-refractivity contribution in [2.45, 2.75) is 39.7 Å². The van der Waals surface area contributed by atoms with Crippen molar-refractivity contribution in [1.82, 2.24) is 5.32 Å². The molecule has 0 aromatic heterocycles. The minimum Gasteiger partial charge on any atom is -0.313 e. The van der Waals surface area contributed by atoms with Gasteiger partial charge in [-0.1, -0.05) is 27.2 Å². The molecule has 0 saturated heterocycles. The highest BCUT2D eigenvalue weighted by atomic mass is 32.2. The summed E-state index contributed by atoms with van der Waals surface area (Å²) in [4.78, 5) is 0. The van der Waals surface area contributed by atoms with E-state index in [1.807, 2.05) is 0 Å². The molecule has 0 bridgehead atoms. The lowest BCUT2D eigenvalue weighted by Gasteiger charge is -2.23. The van der Waals surface area contributed by atoms with Crippen LogP contribution >= 0.6 is 0 Å². The van der Waals surface area contributed by atoms with Crippen LogP contribution in [-0.4, -0.2) is 28.8 Å². The predicted molar refractivity (Wildman–Crippen MR) is 60.5 cm³/mol. The van der Waals surface area contributed by atoms with Gasteiger partial charge in [0.15, 0.2) is 0 Å². The fraction of sp³-hybridized carbons (Fsp3) is 1.00. The van der Waals surface area contributed by atoms with Gasteiger partial charge in [0, 0.05) is 28.9 Å². The van der Waals surface area contributed by atoms with Gasteiger partial charge in [-0.3, -0.25) is 4.21 Å². The van der Waals surface area contributed by atoms with Crippen LogP contribution in [0.25, 0.3) is 0 Å². The number of hydrogen-bond donors (Lipinski definition) is 1. The van der Waals surface area contributed by atoms with Gasteiger partial charge in [0.2, 0.25) is 0 Å². The Morgan fingerprint density at radius 1 is 1.38 bits per heavy atom. The van der Waals surface area contributed by atoms with Crippen molar-refractivity contribution < 1.29 is 4.21 Å². The van der Waals surface area contributed by atoms with Crippen molar-refractivity contribution in [2.24, 2.45) is 5.92 Å². The first-order valence-electron chi connectivity index (χ1n) is 5.15. The highest BCUT2D eigenvalue weighted by Gasteiger charge is 2.15. The van der Waals surface area contributed by atoms with Crippen molar-refractivity contribution in [3.63, 3.8) is 0 Å². The van der Waals surface area contributed by atoms with Gasteiger partial charge in [-0.15, -0.1) is 0 Å². The lowest BCUT2D eigenvalue weighted by Crippen LogP contribution is -2.39. The Balaban J connectivity index is 3.94. The molecule has 0 aliphatic rings. The van der Waals surface area contributed by atoms with E-state index in [0.717, 1.165) is 25.1 Å². The summed E-state index contributed by atoms with van der Waals surface area (Å²) in [5, 5.41) is 3.46. The maximum absolute atomic E-state index is 11.1. The van der Waals surface area contributed by atoms with E-state index in [2.05, 4.69) is 26.1 Å². The topological polar surface area (TPSA) is 29.1 Å². The highest BCUT2D eigenvalue weighted by molar-refractivity contribution is 7.84. The van der Waals surface area contributed by atoms with E-state index in [4.69, 9.17) is 0 Å². The van der Waals surface area contributed by atoms with Crippen molar-refractivity contribution in [1.29, 1.82) is 0 Å². The molecule has 0 aliphatic heterocycles. The molecule has 3 unspecified atom stereocenters. The molecule has 13 heavy (non-hydrogen) atoms. The van der Waals surface area contributed by atoms with Crippen LogP contribution in [-0.2, 0) is 10.8 Å². The van der Waals surface area contributed by atoms with Gasteiger partial charge in [0.25, 0.3) is 0 Å². The van der Waals surface area contributed by atoms with Gasteiger partial charge in [0.1, 0.15) is 0 Å². The molecule has 3 atom stereocenters. The summed E-state index contributed by atoms with van der Waals surface area (Å²) >= 11 is 0. The van der Waals surface area contributed by atoms with E-state index < -0.39 is 10.8 Å². The molecule has 2 nitrogen and oxygen atoms in total. The quantitative estimate of drug-likeness (QED) is 0.686. The maximum atomic E-state index is 11.1. The first-order chi connectivity index (χ1) is 6.11. The standard InChI is InChI=1S/C10H23NOS/c1-5-7-11-10(8-13(4)12)9(3)6-2/h9-11H,5-8H2,1-4H3. The predicted octanol–water partition coefficient (Wildman–Crippen LogP) is 1.78. The van der Waals surface area contributed by atoms with Crippen LogP contribution in [0.3, 0.4) is 0 Å². The molecular weight excluding hydrogens is 182 g/mol. The van der Waals surface area contributed by atoms with Crippen molar-refractivity contribution >= 4 is 10.8 Å². The molecule has 0 amide bonds. The van der Waals surface area contributed by atoms with E-state index >= 15 is 0 Å². The lowest BCUT2D eigenvalue weighted by molar-refractivity contribution is 0.395. The Kier molecular flexibility index (Phi) is 7.57. The summed E-state index contributed by atoms with van der Waals surface area (Å²) in [6, 6.07) is 0.427. The summed E-state index contributed by atoms with van der Waals surface area (Å²) < 4.78 is 11.1. The second kappa shape index (κ2) is 7.51. The number of nitrogens with one attached hydrogen (secondary N) is 1. The Hall–Kier alpha value is 0.110. The minimum atomic E-state index is -0.684. The largest absolute Gasteiger partial charge is 0.313 e. The Bertz CT molecular complexity index is 150. The van der Waals surface area contributed by atoms with Crippen LogP contribution in [0.5, 0.6) is 0 Å². The second-order valence-corrected chi connectivity index (χ2v) is 5.17. The normalized spacial score (nSPS) is 18.2. The molecule has 0 radical (unpaired) electrons. The minimum absolute atomic E-state index is 0.427. The zero-order chi connectivity index (χ0) is 10.3. The second-order valence-electron chi connectivity index (χ2n) is 3.69. The Labute approximate surface area is 84.9 Å².